The van der Waals surface area contributed by atoms with Gasteiger partial charge in [0.1, 0.15) is 22.4 Å². The molecule has 0 atom stereocenters. The Bertz CT molecular complexity index is 389. The molecule has 1 aromatic heterocycles. The van der Waals surface area contributed by atoms with Crippen molar-refractivity contribution in [2.75, 3.05) is 29.5 Å². The van der Waals surface area contributed by atoms with Crippen LogP contribution >= 0.6 is 27.7 Å². The summed E-state index contributed by atoms with van der Waals surface area (Å²) < 4.78 is 36.4. The van der Waals surface area contributed by atoms with E-state index in [0.29, 0.717) is 22.7 Å². The fraction of sp³-hybridized carbons (Fsp3) is 0.556. The van der Waals surface area contributed by atoms with E-state index in [1.54, 1.807) is 0 Å². The maximum absolute atomic E-state index is 11.9. The molecule has 0 radical (unpaired) electrons. The van der Waals surface area contributed by atoms with Crippen LogP contribution in [0.3, 0.4) is 0 Å². The third-order valence-corrected chi connectivity index (χ3v) is 3.28. The molecule has 0 saturated heterocycles. The number of nitrogens with zero attached hydrogens (tertiary/aromatic N) is 2. The van der Waals surface area contributed by atoms with Crippen molar-refractivity contribution in [3.63, 3.8) is 0 Å². The fourth-order valence-corrected chi connectivity index (χ4v) is 2.04. The fourth-order valence-electron chi connectivity index (χ4n) is 1.12. The summed E-state index contributed by atoms with van der Waals surface area (Å²) in [6.45, 7) is 2.78. The molecule has 0 aliphatic heterocycles. The van der Waals surface area contributed by atoms with Gasteiger partial charge in [0.05, 0.1) is 0 Å². The molecule has 2 N–H and O–H groups in total. The summed E-state index contributed by atoms with van der Waals surface area (Å²) in [7, 11) is 0. The molecule has 9 heteroatoms. The molecule has 0 amide bonds. The normalized spacial score (nSPS) is 11.4. The first-order chi connectivity index (χ1) is 8.44. The molecule has 1 heterocycles. The number of rotatable bonds is 6. The first kappa shape index (κ1) is 15.4. The van der Waals surface area contributed by atoms with Crippen molar-refractivity contribution in [2.45, 2.75) is 12.4 Å². The van der Waals surface area contributed by atoms with Crippen LogP contribution in [0.15, 0.2) is 10.8 Å². The predicted molar refractivity (Wildman–Crippen MR) is 70.9 cm³/mol. The smallest absolute Gasteiger partial charge is 0.369 e. The lowest BCUT2D eigenvalue weighted by atomic mass is 10.5. The van der Waals surface area contributed by atoms with Crippen molar-refractivity contribution >= 4 is 39.3 Å². The Hall–Kier alpha value is -0.700. The standard InChI is InChI=1S/C9H12BrF3N4S/c1-2-14-7-6(10)8(17-5-16-7)15-3-4-18-9(11,12)13/h5H,2-4H2,1H3,(H2,14,15,16,17). The van der Waals surface area contributed by atoms with E-state index in [1.807, 2.05) is 6.92 Å². The third-order valence-electron chi connectivity index (χ3n) is 1.79. The zero-order valence-electron chi connectivity index (χ0n) is 9.51. The van der Waals surface area contributed by atoms with Crippen molar-refractivity contribution in [3.8, 4) is 0 Å². The molecule has 0 aromatic carbocycles. The van der Waals surface area contributed by atoms with E-state index in [0.717, 1.165) is 0 Å². The summed E-state index contributed by atoms with van der Waals surface area (Å²) >= 11 is 3.23. The third kappa shape index (κ3) is 5.30. The second kappa shape index (κ2) is 7.03. The van der Waals surface area contributed by atoms with Crippen molar-refractivity contribution < 1.29 is 13.2 Å². The minimum atomic E-state index is -4.19. The van der Waals surface area contributed by atoms with Crippen LogP contribution in [0.4, 0.5) is 24.8 Å². The molecule has 0 aliphatic carbocycles. The van der Waals surface area contributed by atoms with E-state index < -0.39 is 5.51 Å². The quantitative estimate of drug-likeness (QED) is 0.775. The molecular weight excluding hydrogens is 333 g/mol. The SMILES string of the molecule is CCNc1ncnc(NCCSC(F)(F)F)c1Br. The highest BCUT2D eigenvalue weighted by atomic mass is 79.9. The van der Waals surface area contributed by atoms with E-state index in [9.17, 15) is 13.2 Å². The summed E-state index contributed by atoms with van der Waals surface area (Å²) in [5.74, 6) is 1.01. The van der Waals surface area contributed by atoms with Crippen LogP contribution < -0.4 is 10.6 Å². The molecule has 0 saturated carbocycles. The van der Waals surface area contributed by atoms with Gasteiger partial charge in [-0.1, -0.05) is 0 Å². The van der Waals surface area contributed by atoms with Gasteiger partial charge >= 0.3 is 5.51 Å². The van der Waals surface area contributed by atoms with Gasteiger partial charge in [0.15, 0.2) is 0 Å². The number of halogens is 4. The van der Waals surface area contributed by atoms with Crippen molar-refractivity contribution in [2.24, 2.45) is 0 Å². The number of alkyl halides is 3. The van der Waals surface area contributed by atoms with Crippen LogP contribution in [0.5, 0.6) is 0 Å². The largest absolute Gasteiger partial charge is 0.441 e. The molecular formula is C9H12BrF3N4S. The van der Waals surface area contributed by atoms with Gasteiger partial charge in [0, 0.05) is 18.8 Å². The van der Waals surface area contributed by atoms with E-state index in [4.69, 9.17) is 0 Å². The predicted octanol–water partition coefficient (Wildman–Crippen LogP) is 3.34. The zero-order valence-corrected chi connectivity index (χ0v) is 11.9. The van der Waals surface area contributed by atoms with Crippen molar-refractivity contribution in [3.05, 3.63) is 10.8 Å². The first-order valence-corrected chi connectivity index (χ1v) is 6.91. The van der Waals surface area contributed by atoms with E-state index in [1.165, 1.54) is 6.33 Å². The second-order valence-electron chi connectivity index (χ2n) is 3.14. The molecule has 102 valence electrons. The number of hydrogen-bond donors (Lipinski definition) is 2. The summed E-state index contributed by atoms with van der Waals surface area (Å²) in [6.07, 6.45) is 1.35. The van der Waals surface area contributed by atoms with Crippen molar-refractivity contribution in [1.82, 2.24) is 9.97 Å². The highest BCUT2D eigenvalue weighted by Gasteiger charge is 2.27. The molecule has 1 rings (SSSR count). The molecule has 0 unspecified atom stereocenters. The Balaban J connectivity index is 2.50. The van der Waals surface area contributed by atoms with Gasteiger partial charge in [-0.3, -0.25) is 0 Å². The Morgan fingerprint density at radius 2 is 1.89 bits per heavy atom. The Morgan fingerprint density at radius 3 is 2.44 bits per heavy atom. The van der Waals surface area contributed by atoms with Gasteiger partial charge in [-0.2, -0.15) is 13.2 Å². The second-order valence-corrected chi connectivity index (χ2v) is 5.09. The molecule has 18 heavy (non-hydrogen) atoms. The highest BCUT2D eigenvalue weighted by molar-refractivity contribution is 9.10. The summed E-state index contributed by atoms with van der Waals surface area (Å²) in [5, 5.41) is 5.83. The molecule has 4 nitrogen and oxygen atoms in total. The van der Waals surface area contributed by atoms with Gasteiger partial charge in [0.25, 0.3) is 0 Å². The minimum Gasteiger partial charge on any atom is -0.369 e. The average Bonchev–Trinajstić information content (AvgIpc) is 2.28. The first-order valence-electron chi connectivity index (χ1n) is 5.13. The van der Waals surface area contributed by atoms with Crippen LogP contribution in [-0.2, 0) is 0 Å². The van der Waals surface area contributed by atoms with Crippen LogP contribution in [0, 0.1) is 0 Å². The van der Waals surface area contributed by atoms with Gasteiger partial charge in [-0.25, -0.2) is 9.97 Å². The highest BCUT2D eigenvalue weighted by Crippen LogP contribution is 2.30. The number of anilines is 2. The number of thioether (sulfide) groups is 1. The monoisotopic (exact) mass is 344 g/mol. The topological polar surface area (TPSA) is 49.8 Å². The molecule has 0 spiro atoms. The van der Waals surface area contributed by atoms with E-state index >= 15 is 0 Å². The maximum Gasteiger partial charge on any atom is 0.441 e. The maximum atomic E-state index is 11.9. The molecule has 0 aliphatic rings. The molecule has 0 fully saturated rings. The van der Waals surface area contributed by atoms with Crippen LogP contribution in [-0.4, -0.2) is 34.3 Å². The lowest BCUT2D eigenvalue weighted by Gasteiger charge is -2.11. The van der Waals surface area contributed by atoms with Crippen LogP contribution in [0.1, 0.15) is 6.92 Å². The van der Waals surface area contributed by atoms with Gasteiger partial charge in [-0.05, 0) is 34.6 Å². The summed E-state index contributed by atoms with van der Waals surface area (Å²) in [4.78, 5) is 7.96. The van der Waals surface area contributed by atoms with Gasteiger partial charge < -0.3 is 10.6 Å². The van der Waals surface area contributed by atoms with Gasteiger partial charge in [0.2, 0.25) is 0 Å². The number of hydrogen-bond acceptors (Lipinski definition) is 5. The van der Waals surface area contributed by atoms with Crippen molar-refractivity contribution in [1.29, 1.82) is 0 Å². The zero-order chi connectivity index (χ0) is 13.6. The molecule has 0 bridgehead atoms. The number of aromatic nitrogens is 2. The Labute approximate surface area is 115 Å². The van der Waals surface area contributed by atoms with Crippen LogP contribution in [0.2, 0.25) is 0 Å². The van der Waals surface area contributed by atoms with Crippen LogP contribution in [0.25, 0.3) is 0 Å². The Morgan fingerprint density at radius 1 is 1.28 bits per heavy atom. The summed E-state index contributed by atoms with van der Waals surface area (Å²) in [5.41, 5.74) is -4.19. The molecule has 1 aromatic rings. The van der Waals surface area contributed by atoms with E-state index in [-0.39, 0.29) is 24.1 Å². The van der Waals surface area contributed by atoms with E-state index in [2.05, 4.69) is 36.5 Å². The Kier molecular flexibility index (Phi) is 6.00. The number of nitrogens with one attached hydrogen (secondary N) is 2. The lowest BCUT2D eigenvalue weighted by Crippen LogP contribution is -2.11. The van der Waals surface area contributed by atoms with Gasteiger partial charge in [-0.15, -0.1) is 0 Å². The average molecular weight is 345 g/mol. The summed E-state index contributed by atoms with van der Waals surface area (Å²) in [6, 6.07) is 0. The lowest BCUT2D eigenvalue weighted by molar-refractivity contribution is -0.0327. The minimum absolute atomic E-state index is 0.0637.